The standard InChI is InChI=1S/C9H17NO/c1-9(5-3-6-10-9)8-4-2-7-11-8/h8,10H,2-7H2,1H3. The van der Waals surface area contributed by atoms with Crippen molar-refractivity contribution in [2.45, 2.75) is 44.2 Å². The molecule has 2 nitrogen and oxygen atoms in total. The van der Waals surface area contributed by atoms with Crippen LogP contribution >= 0.6 is 0 Å². The van der Waals surface area contributed by atoms with Gasteiger partial charge in [-0.25, -0.2) is 0 Å². The highest BCUT2D eigenvalue weighted by atomic mass is 16.5. The van der Waals surface area contributed by atoms with Crippen molar-refractivity contribution in [3.8, 4) is 0 Å². The van der Waals surface area contributed by atoms with Crippen LogP contribution in [0, 0.1) is 0 Å². The van der Waals surface area contributed by atoms with Crippen molar-refractivity contribution in [2.75, 3.05) is 13.2 Å². The molecule has 0 radical (unpaired) electrons. The second-order valence-corrected chi connectivity index (χ2v) is 3.95. The van der Waals surface area contributed by atoms with Crippen molar-refractivity contribution in [3.63, 3.8) is 0 Å². The Bertz CT molecular complexity index is 134. The highest BCUT2D eigenvalue weighted by Crippen LogP contribution is 2.30. The average Bonchev–Trinajstić information content (AvgIpc) is 2.55. The second-order valence-electron chi connectivity index (χ2n) is 3.95. The van der Waals surface area contributed by atoms with Crippen molar-refractivity contribution in [2.24, 2.45) is 0 Å². The Balaban J connectivity index is 2.00. The van der Waals surface area contributed by atoms with E-state index in [2.05, 4.69) is 12.2 Å². The molecule has 0 aromatic heterocycles. The number of hydrogen-bond donors (Lipinski definition) is 1. The van der Waals surface area contributed by atoms with E-state index >= 15 is 0 Å². The summed E-state index contributed by atoms with van der Waals surface area (Å²) in [5, 5.41) is 3.55. The van der Waals surface area contributed by atoms with Crippen LogP contribution < -0.4 is 5.32 Å². The minimum atomic E-state index is 0.302. The third kappa shape index (κ3) is 1.30. The first-order valence-corrected chi connectivity index (χ1v) is 4.68. The molecule has 2 fully saturated rings. The Morgan fingerprint density at radius 2 is 2.36 bits per heavy atom. The van der Waals surface area contributed by atoms with Gasteiger partial charge < -0.3 is 10.1 Å². The van der Waals surface area contributed by atoms with E-state index in [1.54, 1.807) is 0 Å². The molecule has 0 amide bonds. The van der Waals surface area contributed by atoms with E-state index in [1.165, 1.54) is 32.2 Å². The monoisotopic (exact) mass is 155 g/mol. The van der Waals surface area contributed by atoms with Crippen LogP contribution in [0.5, 0.6) is 0 Å². The molecule has 0 aromatic carbocycles. The van der Waals surface area contributed by atoms with Gasteiger partial charge in [-0.2, -0.15) is 0 Å². The van der Waals surface area contributed by atoms with Crippen molar-refractivity contribution >= 4 is 0 Å². The Morgan fingerprint density at radius 3 is 2.91 bits per heavy atom. The van der Waals surface area contributed by atoms with Gasteiger partial charge in [-0.1, -0.05) is 0 Å². The first-order chi connectivity index (χ1) is 5.31. The number of rotatable bonds is 1. The Kier molecular flexibility index (Phi) is 1.90. The van der Waals surface area contributed by atoms with Crippen LogP contribution in [-0.4, -0.2) is 24.8 Å². The molecule has 2 heterocycles. The number of hydrogen-bond acceptors (Lipinski definition) is 2. The van der Waals surface area contributed by atoms with Gasteiger partial charge in [0.15, 0.2) is 0 Å². The molecule has 2 aliphatic heterocycles. The van der Waals surface area contributed by atoms with E-state index in [0.717, 1.165) is 6.61 Å². The maximum Gasteiger partial charge on any atom is 0.0754 e. The fraction of sp³-hybridized carbons (Fsp3) is 1.00. The van der Waals surface area contributed by atoms with Gasteiger partial charge in [-0.05, 0) is 39.2 Å². The molecule has 2 atom stereocenters. The summed E-state index contributed by atoms with van der Waals surface area (Å²) < 4.78 is 5.68. The minimum Gasteiger partial charge on any atom is -0.376 e. The lowest BCUT2D eigenvalue weighted by molar-refractivity contribution is 0.0444. The zero-order valence-electron chi connectivity index (χ0n) is 7.23. The summed E-state index contributed by atoms with van der Waals surface area (Å²) in [6, 6.07) is 0. The fourth-order valence-electron chi connectivity index (χ4n) is 2.27. The van der Waals surface area contributed by atoms with Crippen LogP contribution in [0.2, 0.25) is 0 Å². The van der Waals surface area contributed by atoms with E-state index in [9.17, 15) is 0 Å². The zero-order valence-corrected chi connectivity index (χ0v) is 7.23. The van der Waals surface area contributed by atoms with Gasteiger partial charge in [-0.15, -0.1) is 0 Å². The predicted octanol–water partition coefficient (Wildman–Crippen LogP) is 1.31. The lowest BCUT2D eigenvalue weighted by atomic mass is 9.91. The third-order valence-electron chi connectivity index (χ3n) is 3.04. The van der Waals surface area contributed by atoms with Crippen LogP contribution in [0.15, 0.2) is 0 Å². The Hall–Kier alpha value is -0.0800. The summed E-state index contributed by atoms with van der Waals surface area (Å²) in [5.41, 5.74) is 0.302. The molecule has 0 bridgehead atoms. The summed E-state index contributed by atoms with van der Waals surface area (Å²) in [6.07, 6.45) is 5.60. The summed E-state index contributed by atoms with van der Waals surface area (Å²) in [5.74, 6) is 0. The quantitative estimate of drug-likeness (QED) is 0.616. The van der Waals surface area contributed by atoms with Crippen molar-refractivity contribution < 1.29 is 4.74 Å². The van der Waals surface area contributed by atoms with Gasteiger partial charge in [0.05, 0.1) is 6.10 Å². The maximum absolute atomic E-state index is 5.68. The molecule has 2 aliphatic rings. The topological polar surface area (TPSA) is 21.3 Å². The fourth-order valence-corrected chi connectivity index (χ4v) is 2.27. The summed E-state index contributed by atoms with van der Waals surface area (Å²) in [7, 11) is 0. The normalized spacial score (nSPS) is 45.0. The molecule has 0 aromatic rings. The molecular weight excluding hydrogens is 138 g/mol. The zero-order chi connectivity index (χ0) is 7.73. The van der Waals surface area contributed by atoms with Gasteiger partial charge in [-0.3, -0.25) is 0 Å². The van der Waals surface area contributed by atoms with Crippen LogP contribution in [0.25, 0.3) is 0 Å². The molecule has 2 heteroatoms. The maximum atomic E-state index is 5.68. The van der Waals surface area contributed by atoms with E-state index in [-0.39, 0.29) is 0 Å². The average molecular weight is 155 g/mol. The van der Waals surface area contributed by atoms with Crippen LogP contribution in [0.4, 0.5) is 0 Å². The Morgan fingerprint density at radius 1 is 1.45 bits per heavy atom. The molecule has 64 valence electrons. The molecule has 1 N–H and O–H groups in total. The minimum absolute atomic E-state index is 0.302. The molecule has 0 saturated carbocycles. The molecule has 2 rings (SSSR count). The largest absolute Gasteiger partial charge is 0.376 e. The van der Waals surface area contributed by atoms with Crippen molar-refractivity contribution in [1.29, 1.82) is 0 Å². The number of nitrogens with one attached hydrogen (secondary N) is 1. The van der Waals surface area contributed by atoms with Gasteiger partial charge >= 0.3 is 0 Å². The van der Waals surface area contributed by atoms with Crippen molar-refractivity contribution in [1.82, 2.24) is 5.32 Å². The SMILES string of the molecule is CC1(C2CCCO2)CCCN1. The van der Waals surface area contributed by atoms with E-state index in [4.69, 9.17) is 4.74 Å². The molecular formula is C9H17NO. The van der Waals surface area contributed by atoms with Crippen LogP contribution in [0.3, 0.4) is 0 Å². The lowest BCUT2D eigenvalue weighted by Gasteiger charge is -2.30. The summed E-state index contributed by atoms with van der Waals surface area (Å²) in [6.45, 7) is 4.45. The molecule has 2 saturated heterocycles. The first-order valence-electron chi connectivity index (χ1n) is 4.68. The van der Waals surface area contributed by atoms with E-state index < -0.39 is 0 Å². The second kappa shape index (κ2) is 2.76. The highest BCUT2D eigenvalue weighted by molar-refractivity contribution is 4.97. The third-order valence-corrected chi connectivity index (χ3v) is 3.04. The van der Waals surface area contributed by atoms with Gasteiger partial charge in [0.1, 0.15) is 0 Å². The Labute approximate surface area is 68.3 Å². The van der Waals surface area contributed by atoms with Crippen molar-refractivity contribution in [3.05, 3.63) is 0 Å². The highest BCUT2D eigenvalue weighted by Gasteiger charge is 2.38. The molecule has 0 aliphatic carbocycles. The van der Waals surface area contributed by atoms with Gasteiger partial charge in [0.25, 0.3) is 0 Å². The molecule has 0 spiro atoms. The summed E-state index contributed by atoms with van der Waals surface area (Å²) in [4.78, 5) is 0. The van der Waals surface area contributed by atoms with E-state index in [0.29, 0.717) is 11.6 Å². The van der Waals surface area contributed by atoms with Gasteiger partial charge in [0, 0.05) is 12.1 Å². The van der Waals surface area contributed by atoms with Gasteiger partial charge in [0.2, 0.25) is 0 Å². The molecule has 11 heavy (non-hydrogen) atoms. The van der Waals surface area contributed by atoms with Crippen LogP contribution in [0.1, 0.15) is 32.6 Å². The van der Waals surface area contributed by atoms with Crippen LogP contribution in [-0.2, 0) is 4.74 Å². The number of ether oxygens (including phenoxy) is 1. The predicted molar refractivity (Wildman–Crippen MR) is 44.6 cm³/mol. The smallest absolute Gasteiger partial charge is 0.0754 e. The molecule has 2 unspecified atom stereocenters. The summed E-state index contributed by atoms with van der Waals surface area (Å²) >= 11 is 0. The lowest BCUT2D eigenvalue weighted by Crippen LogP contribution is -2.47. The van der Waals surface area contributed by atoms with E-state index in [1.807, 2.05) is 0 Å². The first kappa shape index (κ1) is 7.56.